The van der Waals surface area contributed by atoms with Crippen LogP contribution < -0.4 is 0 Å². The van der Waals surface area contributed by atoms with Crippen molar-refractivity contribution >= 4 is 11.8 Å². The lowest BCUT2D eigenvalue weighted by Crippen LogP contribution is -2.19. The van der Waals surface area contributed by atoms with E-state index < -0.39 is 0 Å². The zero-order chi connectivity index (χ0) is 16.7. The van der Waals surface area contributed by atoms with Crippen LogP contribution in [0.1, 0.15) is 47.0 Å². The van der Waals surface area contributed by atoms with E-state index in [1.165, 1.54) is 35.3 Å². The maximum atomic E-state index is 2.37. The Bertz CT molecular complexity index is 627. The second-order valence-corrected chi connectivity index (χ2v) is 7.91. The van der Waals surface area contributed by atoms with Gasteiger partial charge in [-0.2, -0.15) is 0 Å². The van der Waals surface area contributed by atoms with Gasteiger partial charge in [0.15, 0.2) is 0 Å². The normalized spacial score (nSPS) is 19.0. The van der Waals surface area contributed by atoms with E-state index >= 15 is 0 Å². The van der Waals surface area contributed by atoms with Crippen LogP contribution in [0.2, 0.25) is 0 Å². The lowest BCUT2D eigenvalue weighted by Gasteiger charge is -2.32. The molecule has 1 aromatic carbocycles. The van der Waals surface area contributed by atoms with Gasteiger partial charge in [-0.3, -0.25) is 0 Å². The SMILES string of the molecule is CC1=C(/C=C/C(C)=C/C=C/Sc2ccccc2)C(C)(C)CCC1. The molecule has 0 nitrogen and oxygen atoms in total. The number of benzene rings is 1. The highest BCUT2D eigenvalue weighted by Gasteiger charge is 2.26. The fourth-order valence-electron chi connectivity index (χ4n) is 3.09. The molecule has 0 bridgehead atoms. The largest absolute Gasteiger partial charge is 0.0981 e. The fraction of sp³-hybridized carbons (Fsp3) is 0.364. The van der Waals surface area contributed by atoms with Gasteiger partial charge in [-0.05, 0) is 61.6 Å². The van der Waals surface area contributed by atoms with Crippen molar-refractivity contribution in [2.24, 2.45) is 5.41 Å². The lowest BCUT2D eigenvalue weighted by molar-refractivity contribution is 0.377. The minimum Gasteiger partial charge on any atom is -0.0981 e. The van der Waals surface area contributed by atoms with E-state index in [0.717, 1.165) is 0 Å². The first-order chi connectivity index (χ1) is 11.0. The van der Waals surface area contributed by atoms with Crippen LogP contribution in [-0.2, 0) is 0 Å². The van der Waals surface area contributed by atoms with Crippen LogP contribution in [0.25, 0.3) is 0 Å². The predicted molar refractivity (Wildman–Crippen MR) is 105 cm³/mol. The van der Waals surface area contributed by atoms with E-state index in [2.05, 4.69) is 81.7 Å². The number of rotatable bonds is 5. The summed E-state index contributed by atoms with van der Waals surface area (Å²) in [6.07, 6.45) is 12.8. The van der Waals surface area contributed by atoms with E-state index in [1.807, 2.05) is 6.07 Å². The second-order valence-electron chi connectivity index (χ2n) is 6.93. The maximum Gasteiger partial charge on any atom is 0.0116 e. The van der Waals surface area contributed by atoms with Crippen LogP contribution in [0, 0.1) is 5.41 Å². The van der Waals surface area contributed by atoms with Crippen LogP contribution in [0.4, 0.5) is 0 Å². The number of allylic oxidation sites excluding steroid dienone is 7. The van der Waals surface area contributed by atoms with Gasteiger partial charge in [0.2, 0.25) is 0 Å². The first kappa shape index (κ1) is 17.9. The van der Waals surface area contributed by atoms with Gasteiger partial charge in [0.05, 0.1) is 0 Å². The molecular weight excluding hydrogens is 296 g/mol. The highest BCUT2D eigenvalue weighted by molar-refractivity contribution is 8.02. The summed E-state index contributed by atoms with van der Waals surface area (Å²) in [6.45, 7) is 9.19. The molecule has 0 saturated carbocycles. The molecule has 0 radical (unpaired) electrons. The first-order valence-corrected chi connectivity index (χ1v) is 9.30. The summed E-state index contributed by atoms with van der Waals surface area (Å²) < 4.78 is 0. The van der Waals surface area contributed by atoms with Crippen LogP contribution in [0.5, 0.6) is 0 Å². The summed E-state index contributed by atoms with van der Waals surface area (Å²) in [5, 5.41) is 2.14. The van der Waals surface area contributed by atoms with Crippen LogP contribution in [0.3, 0.4) is 0 Å². The van der Waals surface area contributed by atoms with E-state index in [4.69, 9.17) is 0 Å². The Balaban J connectivity index is 1.96. The third kappa shape index (κ3) is 5.58. The van der Waals surface area contributed by atoms with Crippen LogP contribution in [-0.4, -0.2) is 0 Å². The van der Waals surface area contributed by atoms with Crippen molar-refractivity contribution in [2.75, 3.05) is 0 Å². The molecule has 0 aromatic heterocycles. The summed E-state index contributed by atoms with van der Waals surface area (Å²) in [6, 6.07) is 10.5. The topological polar surface area (TPSA) is 0 Å². The first-order valence-electron chi connectivity index (χ1n) is 8.42. The molecule has 1 aliphatic rings. The summed E-state index contributed by atoms with van der Waals surface area (Å²) in [5.74, 6) is 0. The Morgan fingerprint density at radius 1 is 1.17 bits per heavy atom. The summed E-state index contributed by atoms with van der Waals surface area (Å²) in [4.78, 5) is 1.27. The molecule has 1 aromatic rings. The van der Waals surface area contributed by atoms with Crippen molar-refractivity contribution in [1.29, 1.82) is 0 Å². The molecule has 0 heterocycles. The van der Waals surface area contributed by atoms with Gasteiger partial charge in [0.1, 0.15) is 0 Å². The molecule has 0 spiro atoms. The van der Waals surface area contributed by atoms with Gasteiger partial charge in [-0.15, -0.1) is 0 Å². The van der Waals surface area contributed by atoms with Gasteiger partial charge in [-0.25, -0.2) is 0 Å². The standard InChI is InChI=1S/C22H28S/c1-18(10-9-17-23-20-12-6-5-7-13-20)14-15-21-19(2)11-8-16-22(21,3)4/h5-7,9-10,12-15,17H,8,11,16H2,1-4H3/b15-14+,17-9+,18-10+. The van der Waals surface area contributed by atoms with E-state index in [1.54, 1.807) is 17.3 Å². The molecule has 1 heteroatoms. The average Bonchev–Trinajstić information content (AvgIpc) is 2.51. The Morgan fingerprint density at radius 3 is 2.61 bits per heavy atom. The summed E-state index contributed by atoms with van der Waals surface area (Å²) in [7, 11) is 0. The number of hydrogen-bond acceptors (Lipinski definition) is 1. The molecule has 23 heavy (non-hydrogen) atoms. The van der Waals surface area contributed by atoms with Crippen molar-refractivity contribution in [3.05, 3.63) is 76.8 Å². The molecule has 0 N–H and O–H groups in total. The van der Waals surface area contributed by atoms with E-state index in [9.17, 15) is 0 Å². The quantitative estimate of drug-likeness (QED) is 0.404. The van der Waals surface area contributed by atoms with Crippen LogP contribution >= 0.6 is 11.8 Å². The van der Waals surface area contributed by atoms with Crippen molar-refractivity contribution in [2.45, 2.75) is 51.9 Å². The van der Waals surface area contributed by atoms with Crippen molar-refractivity contribution in [3.63, 3.8) is 0 Å². The highest BCUT2D eigenvalue weighted by atomic mass is 32.2. The number of hydrogen-bond donors (Lipinski definition) is 0. The molecule has 1 aliphatic carbocycles. The van der Waals surface area contributed by atoms with Gasteiger partial charge < -0.3 is 0 Å². The Labute approximate surface area is 146 Å². The second kappa shape index (κ2) is 8.40. The van der Waals surface area contributed by atoms with Crippen molar-refractivity contribution in [1.82, 2.24) is 0 Å². The molecule has 0 amide bonds. The third-order valence-corrected chi connectivity index (χ3v) is 5.28. The smallest absolute Gasteiger partial charge is 0.0116 e. The molecule has 0 fully saturated rings. The number of thioether (sulfide) groups is 1. The molecule has 0 aliphatic heterocycles. The van der Waals surface area contributed by atoms with Crippen molar-refractivity contribution in [3.8, 4) is 0 Å². The predicted octanol–water partition coefficient (Wildman–Crippen LogP) is 7.32. The highest BCUT2D eigenvalue weighted by Crippen LogP contribution is 2.40. The molecule has 122 valence electrons. The molecule has 0 atom stereocenters. The lowest BCUT2D eigenvalue weighted by atomic mass is 9.72. The summed E-state index contributed by atoms with van der Waals surface area (Å²) in [5.41, 5.74) is 4.69. The zero-order valence-electron chi connectivity index (χ0n) is 14.8. The van der Waals surface area contributed by atoms with Crippen LogP contribution in [0.15, 0.2) is 81.7 Å². The Kier molecular flexibility index (Phi) is 6.53. The maximum absolute atomic E-state index is 2.37. The van der Waals surface area contributed by atoms with Gasteiger partial charge >= 0.3 is 0 Å². The van der Waals surface area contributed by atoms with E-state index in [0.29, 0.717) is 5.41 Å². The minimum absolute atomic E-state index is 0.318. The molecule has 0 unspecified atom stereocenters. The fourth-order valence-corrected chi connectivity index (χ4v) is 3.72. The Hall–Kier alpha value is -1.47. The molecule has 0 saturated heterocycles. The Morgan fingerprint density at radius 2 is 1.91 bits per heavy atom. The molecular formula is C22H28S. The minimum atomic E-state index is 0.318. The van der Waals surface area contributed by atoms with Gasteiger partial charge in [0.25, 0.3) is 0 Å². The molecule has 2 rings (SSSR count). The zero-order valence-corrected chi connectivity index (χ0v) is 15.6. The third-order valence-electron chi connectivity index (χ3n) is 4.44. The van der Waals surface area contributed by atoms with Gasteiger partial charge in [-0.1, -0.05) is 79.3 Å². The van der Waals surface area contributed by atoms with Crippen molar-refractivity contribution < 1.29 is 0 Å². The average molecular weight is 325 g/mol. The summed E-state index contributed by atoms with van der Waals surface area (Å²) >= 11 is 1.75. The van der Waals surface area contributed by atoms with Gasteiger partial charge in [0, 0.05) is 4.90 Å². The monoisotopic (exact) mass is 324 g/mol. The van der Waals surface area contributed by atoms with E-state index in [-0.39, 0.29) is 0 Å².